The minimum Gasteiger partial charge on any atom is -0.467 e. The average molecular weight is 953 g/mol. The second-order valence-electron chi connectivity index (χ2n) is 16.2. The lowest BCUT2D eigenvalue weighted by molar-refractivity contribution is -0.335. The zero-order valence-corrected chi connectivity index (χ0v) is 39.0. The van der Waals surface area contributed by atoms with Gasteiger partial charge in [-0.2, -0.15) is 0 Å². The van der Waals surface area contributed by atoms with Crippen molar-refractivity contribution in [2.45, 2.75) is 128 Å². The Balaban J connectivity index is 1.74. The van der Waals surface area contributed by atoms with Crippen LogP contribution in [0, 0.1) is 5.92 Å². The highest BCUT2D eigenvalue weighted by Gasteiger charge is 2.66. The minimum atomic E-state index is -2.69. The molecule has 2 fully saturated rings. The maximum atomic E-state index is 14.8. The van der Waals surface area contributed by atoms with Gasteiger partial charge in [-0.15, -0.1) is 0 Å². The van der Waals surface area contributed by atoms with E-state index in [0.29, 0.717) is 0 Å². The van der Waals surface area contributed by atoms with E-state index in [0.717, 1.165) is 58.4 Å². The summed E-state index contributed by atoms with van der Waals surface area (Å²) >= 11 is 0. The van der Waals surface area contributed by atoms with Crippen LogP contribution in [0.15, 0.2) is 91.0 Å². The van der Waals surface area contributed by atoms with Crippen LogP contribution in [0.3, 0.4) is 0 Å². The van der Waals surface area contributed by atoms with Crippen molar-refractivity contribution in [3.05, 3.63) is 108 Å². The number of aliphatic hydroxyl groups is 1. The number of esters is 6. The summed E-state index contributed by atoms with van der Waals surface area (Å²) in [4.78, 5) is 78.4. The van der Waals surface area contributed by atoms with Crippen LogP contribution in [0.5, 0.6) is 0 Å². The monoisotopic (exact) mass is 952 g/mol. The van der Waals surface area contributed by atoms with Crippen LogP contribution in [-0.2, 0) is 105 Å². The number of methoxy groups -OCH3 is 2. The number of rotatable bonds is 22. The van der Waals surface area contributed by atoms with Crippen LogP contribution >= 0.6 is 0 Å². The molecule has 19 heteroatoms. The average Bonchev–Trinajstić information content (AvgIpc) is 3.31. The minimum absolute atomic E-state index is 0.0512. The first-order chi connectivity index (χ1) is 32.6. The van der Waals surface area contributed by atoms with E-state index in [1.54, 1.807) is 0 Å². The number of benzene rings is 3. The molecule has 1 N–H and O–H groups in total. The van der Waals surface area contributed by atoms with E-state index in [9.17, 15) is 33.9 Å². The Hall–Kier alpha value is -5.80. The summed E-state index contributed by atoms with van der Waals surface area (Å²) < 4.78 is 72.2. The van der Waals surface area contributed by atoms with E-state index in [1.807, 2.05) is 91.0 Å². The van der Waals surface area contributed by atoms with Crippen LogP contribution in [0.25, 0.3) is 0 Å². The predicted octanol–water partition coefficient (Wildman–Crippen LogP) is 3.71. The van der Waals surface area contributed by atoms with Gasteiger partial charge in [-0.3, -0.25) is 24.0 Å². The van der Waals surface area contributed by atoms with E-state index in [-0.39, 0.29) is 26.4 Å². The van der Waals surface area contributed by atoms with E-state index in [1.165, 1.54) is 7.11 Å². The van der Waals surface area contributed by atoms with Crippen molar-refractivity contribution in [3.63, 3.8) is 0 Å². The van der Waals surface area contributed by atoms with Crippen molar-refractivity contribution in [2.75, 3.05) is 27.4 Å². The first-order valence-electron chi connectivity index (χ1n) is 21.9. The van der Waals surface area contributed by atoms with Crippen molar-refractivity contribution < 1.29 is 90.7 Å². The molecule has 2 aliphatic heterocycles. The fourth-order valence-corrected chi connectivity index (χ4v) is 8.41. The van der Waals surface area contributed by atoms with Gasteiger partial charge in [0, 0.05) is 54.1 Å². The molecule has 2 saturated heterocycles. The first kappa shape index (κ1) is 53.2. The fourth-order valence-electron chi connectivity index (χ4n) is 8.41. The quantitative estimate of drug-likeness (QED) is 0.112. The van der Waals surface area contributed by atoms with Crippen LogP contribution in [-0.4, -0.2) is 135 Å². The SMILES string of the molecule is COC(=O)[C@]1([C@@H](O)[C@H]2[C@@H](OCc3ccccc3)[C@@H](COCc3ccccc3)O[C@H](OC)[C@@H]2OCc2ccccc2)C[C@H](OC(C)=O)[C@@H](OC(C)=O)[C@H]([C@H](OC(C)=O)[C@@H](COC(C)=O)OC(C)=O)O1. The summed E-state index contributed by atoms with van der Waals surface area (Å²) in [6, 6.07) is 27.5. The molecule has 19 nitrogen and oxygen atoms in total. The van der Waals surface area contributed by atoms with E-state index in [4.69, 9.17) is 56.8 Å². The first-order valence-corrected chi connectivity index (χ1v) is 21.9. The Morgan fingerprint density at radius 2 is 1.19 bits per heavy atom. The zero-order valence-electron chi connectivity index (χ0n) is 39.0. The summed E-state index contributed by atoms with van der Waals surface area (Å²) in [5.74, 6) is -7.25. The Kier molecular flexibility index (Phi) is 20.0. The number of hydrogen-bond acceptors (Lipinski definition) is 19. The molecule has 0 aromatic heterocycles. The second kappa shape index (κ2) is 25.5. The molecule has 0 aliphatic carbocycles. The summed E-state index contributed by atoms with van der Waals surface area (Å²) in [7, 11) is 2.39. The molecule has 5 rings (SSSR count). The van der Waals surface area contributed by atoms with Gasteiger partial charge in [0.1, 0.15) is 37.1 Å². The molecule has 0 saturated carbocycles. The van der Waals surface area contributed by atoms with Gasteiger partial charge in [0.2, 0.25) is 0 Å². The van der Waals surface area contributed by atoms with Crippen LogP contribution in [0.2, 0.25) is 0 Å². The number of carbonyl (C=O) groups is 6. The van der Waals surface area contributed by atoms with Crippen molar-refractivity contribution in [3.8, 4) is 0 Å². The highest BCUT2D eigenvalue weighted by molar-refractivity contribution is 5.81. The smallest absolute Gasteiger partial charge is 0.341 e. The van der Waals surface area contributed by atoms with Crippen LogP contribution < -0.4 is 0 Å². The molecule has 0 bridgehead atoms. The van der Waals surface area contributed by atoms with E-state index >= 15 is 0 Å². The maximum absolute atomic E-state index is 14.8. The lowest BCUT2D eigenvalue weighted by atomic mass is 9.72. The third kappa shape index (κ3) is 14.4. The molecular formula is C49H60O19. The Bertz CT molecular complexity index is 2100. The van der Waals surface area contributed by atoms with Gasteiger partial charge >= 0.3 is 35.8 Å². The van der Waals surface area contributed by atoms with Gasteiger partial charge in [-0.25, -0.2) is 4.79 Å². The highest BCUT2D eigenvalue weighted by Crippen LogP contribution is 2.45. The zero-order chi connectivity index (χ0) is 49.4. The van der Waals surface area contributed by atoms with Gasteiger partial charge in [-0.05, 0) is 16.7 Å². The molecule has 2 aliphatic rings. The lowest BCUT2D eigenvalue weighted by Crippen LogP contribution is -2.72. The van der Waals surface area contributed by atoms with Crippen LogP contribution in [0.4, 0.5) is 0 Å². The van der Waals surface area contributed by atoms with Gasteiger partial charge in [0.05, 0.1) is 39.6 Å². The summed E-state index contributed by atoms with van der Waals surface area (Å²) in [6.07, 6.45) is -16.7. The molecule has 3 aromatic carbocycles. The van der Waals surface area contributed by atoms with Crippen molar-refractivity contribution in [1.29, 1.82) is 0 Å². The van der Waals surface area contributed by atoms with E-state index < -0.39 is 122 Å². The number of carbonyl (C=O) groups excluding carboxylic acids is 6. The molecule has 370 valence electrons. The number of ether oxygens (including phenoxy) is 12. The molecule has 3 aromatic rings. The molecule has 0 spiro atoms. The van der Waals surface area contributed by atoms with E-state index in [2.05, 4.69) is 0 Å². The molecule has 0 radical (unpaired) electrons. The normalized spacial score (nSPS) is 25.9. The summed E-state index contributed by atoms with van der Waals surface area (Å²) in [5.41, 5.74) is -0.392. The lowest BCUT2D eigenvalue weighted by Gasteiger charge is -2.54. The Morgan fingerprint density at radius 3 is 1.68 bits per heavy atom. The third-order valence-corrected chi connectivity index (χ3v) is 11.2. The molecular weight excluding hydrogens is 893 g/mol. The molecule has 68 heavy (non-hydrogen) atoms. The number of aliphatic hydroxyl groups excluding tert-OH is 1. The summed E-state index contributed by atoms with van der Waals surface area (Å²) in [5, 5.41) is 13.4. The molecule has 0 amide bonds. The van der Waals surface area contributed by atoms with Gasteiger partial charge in [0.25, 0.3) is 0 Å². The topological polar surface area (TPSA) is 233 Å². The predicted molar refractivity (Wildman–Crippen MR) is 234 cm³/mol. The van der Waals surface area contributed by atoms with Gasteiger partial charge in [0.15, 0.2) is 30.2 Å². The Morgan fingerprint density at radius 1 is 0.662 bits per heavy atom. The van der Waals surface area contributed by atoms with Crippen molar-refractivity contribution in [1.82, 2.24) is 0 Å². The standard InChI is InChI=1S/C49H60O19/c1-29(50)60-28-39(64-31(3)52)43(66-33(5)54)45-42(65-32(4)53)37(63-30(2)51)23-49(68-45,48(56)58-7)46(55)40-41(61-25-35-19-13-9-14-20-35)38(27-59-24-34-17-11-8-12-18-34)67-47(57-6)44(40)62-26-36-21-15-10-16-22-36/h8-22,37-47,55H,23-28H2,1-7H3/t37-,38+,39+,40-,41-,42+,43+,44+,45+,46-,47-,49+/m0/s1. The molecule has 0 unspecified atom stereocenters. The van der Waals surface area contributed by atoms with Gasteiger partial charge in [-0.1, -0.05) is 91.0 Å². The largest absolute Gasteiger partial charge is 0.467 e. The van der Waals surface area contributed by atoms with Gasteiger partial charge < -0.3 is 61.9 Å². The molecule has 2 heterocycles. The second-order valence-corrected chi connectivity index (χ2v) is 16.2. The van der Waals surface area contributed by atoms with Crippen molar-refractivity contribution in [2.24, 2.45) is 5.92 Å². The van der Waals surface area contributed by atoms with Crippen LogP contribution in [0.1, 0.15) is 57.7 Å². The van der Waals surface area contributed by atoms with Crippen molar-refractivity contribution >= 4 is 35.8 Å². The molecule has 12 atom stereocenters. The maximum Gasteiger partial charge on any atom is 0.341 e. The summed E-state index contributed by atoms with van der Waals surface area (Å²) in [6.45, 7) is 4.37. The number of hydrogen-bond donors (Lipinski definition) is 1. The highest BCUT2D eigenvalue weighted by atomic mass is 16.7. The fraction of sp³-hybridized carbons (Fsp3) is 0.510. The third-order valence-electron chi connectivity index (χ3n) is 11.2. The Labute approximate surface area is 394 Å².